The van der Waals surface area contributed by atoms with Crippen LogP contribution >= 0.6 is 15.9 Å². The van der Waals surface area contributed by atoms with E-state index < -0.39 is 5.41 Å². The van der Waals surface area contributed by atoms with Crippen LogP contribution in [0.15, 0.2) is 28.7 Å². The second-order valence-corrected chi connectivity index (χ2v) is 5.20. The van der Waals surface area contributed by atoms with Crippen LogP contribution in [0, 0.1) is 5.41 Å². The van der Waals surface area contributed by atoms with Crippen LogP contribution in [0.25, 0.3) is 0 Å². The van der Waals surface area contributed by atoms with Gasteiger partial charge in [-0.1, -0.05) is 22.0 Å². The molecule has 1 fully saturated rings. The van der Waals surface area contributed by atoms with E-state index in [1.54, 1.807) is 11.9 Å². The molecule has 0 aliphatic heterocycles. The molecule has 3 nitrogen and oxygen atoms in total. The largest absolute Gasteiger partial charge is 0.395 e. The van der Waals surface area contributed by atoms with Gasteiger partial charge in [-0.05, 0) is 31.0 Å². The highest BCUT2D eigenvalue weighted by atomic mass is 79.9. The summed E-state index contributed by atoms with van der Waals surface area (Å²) in [5.74, 6) is 0.00750. The van der Waals surface area contributed by atoms with E-state index in [2.05, 4.69) is 15.9 Å². The molecular weight excluding hydrogens is 270 g/mol. The highest BCUT2D eigenvalue weighted by molar-refractivity contribution is 9.10. The molecule has 0 aromatic heterocycles. The summed E-state index contributed by atoms with van der Waals surface area (Å²) in [5, 5.41) is 9.22. The average molecular weight is 284 g/mol. The molecule has 2 rings (SSSR count). The summed E-state index contributed by atoms with van der Waals surface area (Å²) in [4.78, 5) is 13.7. The standard InChI is InChI=1S/C12H14BrNO2/c1-14(10-4-2-3-9(13)7-10)11(16)12(8-15)5-6-12/h2-4,7,15H,5-6,8H2,1H3. The van der Waals surface area contributed by atoms with Crippen LogP contribution in [0.3, 0.4) is 0 Å². The smallest absolute Gasteiger partial charge is 0.235 e. The summed E-state index contributed by atoms with van der Waals surface area (Å²) < 4.78 is 0.943. The van der Waals surface area contributed by atoms with Crippen molar-refractivity contribution in [2.45, 2.75) is 12.8 Å². The SMILES string of the molecule is CN(C(=O)C1(CO)CC1)c1cccc(Br)c1. The van der Waals surface area contributed by atoms with Gasteiger partial charge in [0.2, 0.25) is 5.91 Å². The van der Waals surface area contributed by atoms with Crippen LogP contribution < -0.4 is 4.90 Å². The number of carbonyl (C=O) groups excluding carboxylic acids is 1. The molecule has 0 unspecified atom stereocenters. The highest BCUT2D eigenvalue weighted by Crippen LogP contribution is 2.47. The zero-order valence-electron chi connectivity index (χ0n) is 9.11. The summed E-state index contributed by atoms with van der Waals surface area (Å²) in [6, 6.07) is 7.59. The third-order valence-corrected chi connectivity index (χ3v) is 3.60. The molecule has 1 aliphatic rings. The van der Waals surface area contributed by atoms with Gasteiger partial charge in [-0.3, -0.25) is 4.79 Å². The maximum Gasteiger partial charge on any atom is 0.235 e. The van der Waals surface area contributed by atoms with Crippen molar-refractivity contribution in [1.82, 2.24) is 0 Å². The van der Waals surface area contributed by atoms with E-state index in [-0.39, 0.29) is 12.5 Å². The maximum absolute atomic E-state index is 12.1. The Morgan fingerprint density at radius 1 is 1.56 bits per heavy atom. The molecule has 1 aromatic rings. The Morgan fingerprint density at radius 3 is 2.75 bits per heavy atom. The fourth-order valence-corrected chi connectivity index (χ4v) is 2.14. The molecule has 16 heavy (non-hydrogen) atoms. The van der Waals surface area contributed by atoms with Crippen molar-refractivity contribution in [3.8, 4) is 0 Å². The Hall–Kier alpha value is -0.870. The van der Waals surface area contributed by atoms with Crippen molar-refractivity contribution in [3.63, 3.8) is 0 Å². The van der Waals surface area contributed by atoms with E-state index in [0.29, 0.717) is 0 Å². The maximum atomic E-state index is 12.1. The third-order valence-electron chi connectivity index (χ3n) is 3.11. The van der Waals surface area contributed by atoms with Crippen LogP contribution in [0.1, 0.15) is 12.8 Å². The van der Waals surface area contributed by atoms with Gasteiger partial charge < -0.3 is 10.0 Å². The van der Waals surface area contributed by atoms with Crippen molar-refractivity contribution < 1.29 is 9.90 Å². The summed E-state index contributed by atoms with van der Waals surface area (Å²) >= 11 is 3.38. The quantitative estimate of drug-likeness (QED) is 0.924. The first-order valence-corrected chi connectivity index (χ1v) is 6.03. The van der Waals surface area contributed by atoms with E-state index >= 15 is 0 Å². The second-order valence-electron chi connectivity index (χ2n) is 4.28. The molecule has 0 atom stereocenters. The fraction of sp³-hybridized carbons (Fsp3) is 0.417. The second kappa shape index (κ2) is 4.18. The molecule has 0 saturated heterocycles. The molecule has 0 bridgehead atoms. The van der Waals surface area contributed by atoms with Crippen molar-refractivity contribution >= 4 is 27.5 Å². The van der Waals surface area contributed by atoms with Gasteiger partial charge in [0.1, 0.15) is 0 Å². The Labute approximate surface area is 103 Å². The van der Waals surface area contributed by atoms with Gasteiger partial charge in [0.15, 0.2) is 0 Å². The number of benzene rings is 1. The minimum Gasteiger partial charge on any atom is -0.395 e. The number of hydrogen-bond donors (Lipinski definition) is 1. The number of hydrogen-bond acceptors (Lipinski definition) is 2. The van der Waals surface area contributed by atoms with Crippen LogP contribution in [0.2, 0.25) is 0 Å². The molecule has 0 heterocycles. The van der Waals surface area contributed by atoms with Crippen molar-refractivity contribution in [2.75, 3.05) is 18.6 Å². The van der Waals surface area contributed by atoms with E-state index in [9.17, 15) is 9.90 Å². The van der Waals surface area contributed by atoms with Crippen LogP contribution in [-0.4, -0.2) is 24.7 Å². The number of amides is 1. The third kappa shape index (κ3) is 1.99. The number of nitrogens with zero attached hydrogens (tertiary/aromatic N) is 1. The van der Waals surface area contributed by atoms with Gasteiger partial charge in [-0.15, -0.1) is 0 Å². The van der Waals surface area contributed by atoms with Crippen LogP contribution in [0.4, 0.5) is 5.69 Å². The Bertz CT molecular complexity index is 415. The molecule has 1 N–H and O–H groups in total. The van der Waals surface area contributed by atoms with E-state index in [1.807, 2.05) is 24.3 Å². The van der Waals surface area contributed by atoms with Gasteiger partial charge >= 0.3 is 0 Å². The van der Waals surface area contributed by atoms with E-state index in [0.717, 1.165) is 23.0 Å². The lowest BCUT2D eigenvalue weighted by atomic mass is 10.1. The molecule has 86 valence electrons. The van der Waals surface area contributed by atoms with Gasteiger partial charge in [-0.25, -0.2) is 0 Å². The van der Waals surface area contributed by atoms with Crippen LogP contribution in [0.5, 0.6) is 0 Å². The van der Waals surface area contributed by atoms with E-state index in [1.165, 1.54) is 0 Å². The van der Waals surface area contributed by atoms with E-state index in [4.69, 9.17) is 0 Å². The first-order chi connectivity index (χ1) is 7.59. The topological polar surface area (TPSA) is 40.5 Å². The number of aliphatic hydroxyl groups is 1. The molecule has 0 spiro atoms. The first-order valence-electron chi connectivity index (χ1n) is 5.24. The van der Waals surface area contributed by atoms with Crippen LogP contribution in [-0.2, 0) is 4.79 Å². The minimum atomic E-state index is -0.503. The number of rotatable bonds is 3. The Balaban J connectivity index is 2.19. The average Bonchev–Trinajstić information content (AvgIpc) is 3.08. The van der Waals surface area contributed by atoms with Crippen molar-refractivity contribution in [2.24, 2.45) is 5.41 Å². The Kier molecular flexibility index (Phi) is 3.04. The number of halogens is 1. The minimum absolute atomic E-state index is 0.00750. The van der Waals surface area contributed by atoms with Crippen molar-refractivity contribution in [3.05, 3.63) is 28.7 Å². The molecule has 1 amide bonds. The van der Waals surface area contributed by atoms with Gasteiger partial charge in [0, 0.05) is 17.2 Å². The monoisotopic (exact) mass is 283 g/mol. The summed E-state index contributed by atoms with van der Waals surface area (Å²) in [5.41, 5.74) is 0.343. The van der Waals surface area contributed by atoms with Gasteiger partial charge in [-0.2, -0.15) is 0 Å². The molecule has 0 radical (unpaired) electrons. The zero-order chi connectivity index (χ0) is 11.8. The zero-order valence-corrected chi connectivity index (χ0v) is 10.7. The normalized spacial score (nSPS) is 16.9. The number of anilines is 1. The fourth-order valence-electron chi connectivity index (χ4n) is 1.75. The molecule has 4 heteroatoms. The number of carbonyl (C=O) groups is 1. The lowest BCUT2D eigenvalue weighted by Gasteiger charge is -2.22. The molecule has 1 aliphatic carbocycles. The lowest BCUT2D eigenvalue weighted by Crippen LogP contribution is -2.36. The Morgan fingerprint density at radius 2 is 2.25 bits per heavy atom. The van der Waals surface area contributed by atoms with Crippen molar-refractivity contribution in [1.29, 1.82) is 0 Å². The first kappa shape index (κ1) is 11.6. The molecule has 1 aromatic carbocycles. The number of aliphatic hydroxyl groups excluding tert-OH is 1. The summed E-state index contributed by atoms with van der Waals surface area (Å²) in [6.45, 7) is -0.0514. The highest BCUT2D eigenvalue weighted by Gasteiger charge is 2.50. The summed E-state index contributed by atoms with van der Waals surface area (Å²) in [7, 11) is 1.75. The predicted molar refractivity (Wildman–Crippen MR) is 66.3 cm³/mol. The van der Waals surface area contributed by atoms with Gasteiger partial charge in [0.05, 0.1) is 12.0 Å². The lowest BCUT2D eigenvalue weighted by molar-refractivity contribution is -0.124. The molecule has 1 saturated carbocycles. The molecular formula is C12H14BrNO2. The summed E-state index contributed by atoms with van der Waals surface area (Å²) in [6.07, 6.45) is 1.58. The predicted octanol–water partition coefficient (Wildman–Crippen LogP) is 2.18. The van der Waals surface area contributed by atoms with Gasteiger partial charge in [0.25, 0.3) is 0 Å².